The first-order valence-corrected chi connectivity index (χ1v) is 6.33. The van der Waals surface area contributed by atoms with Gasteiger partial charge in [0.05, 0.1) is 12.7 Å². The quantitative estimate of drug-likeness (QED) is 0.696. The third-order valence-electron chi connectivity index (χ3n) is 1.88. The van der Waals surface area contributed by atoms with E-state index in [1.54, 1.807) is 0 Å². The minimum Gasteiger partial charge on any atom is -0.374 e. The van der Waals surface area contributed by atoms with Crippen molar-refractivity contribution in [3.8, 4) is 0 Å². The van der Waals surface area contributed by atoms with E-state index in [1.165, 1.54) is 10.5 Å². The van der Waals surface area contributed by atoms with E-state index in [-0.39, 0.29) is 0 Å². The maximum absolute atomic E-state index is 5.54. The molecule has 0 radical (unpaired) electrons. The van der Waals surface area contributed by atoms with Gasteiger partial charge >= 0.3 is 0 Å². The molecule has 0 bridgehead atoms. The molecule has 0 atom stereocenters. The highest BCUT2D eigenvalue weighted by Crippen LogP contribution is 2.23. The van der Waals surface area contributed by atoms with Crippen molar-refractivity contribution in [1.82, 2.24) is 0 Å². The molecule has 15 heavy (non-hydrogen) atoms. The Hall–Kier alpha value is -0.470. The van der Waals surface area contributed by atoms with Crippen molar-refractivity contribution in [1.29, 1.82) is 0 Å². The van der Waals surface area contributed by atoms with Crippen LogP contribution in [0.5, 0.6) is 0 Å². The lowest BCUT2D eigenvalue weighted by atomic mass is 10.2. The Labute approximate surface area is 97.2 Å². The molecule has 0 saturated heterocycles. The molecular weight excluding hydrogens is 204 g/mol. The SMILES string of the molecule is CC(C)OCc1ccc(SC(C)C)cc1. The molecule has 0 fully saturated rings. The molecule has 1 aromatic carbocycles. The van der Waals surface area contributed by atoms with E-state index in [4.69, 9.17) is 4.74 Å². The summed E-state index contributed by atoms with van der Waals surface area (Å²) in [6, 6.07) is 8.63. The Morgan fingerprint density at radius 1 is 1.07 bits per heavy atom. The lowest BCUT2D eigenvalue weighted by Gasteiger charge is -2.09. The lowest BCUT2D eigenvalue weighted by Crippen LogP contribution is -2.01. The van der Waals surface area contributed by atoms with Crippen LogP contribution in [0.1, 0.15) is 33.3 Å². The van der Waals surface area contributed by atoms with Gasteiger partial charge in [0.15, 0.2) is 0 Å². The van der Waals surface area contributed by atoms with Crippen molar-refractivity contribution in [2.45, 2.75) is 50.6 Å². The van der Waals surface area contributed by atoms with Gasteiger partial charge in [-0.15, -0.1) is 11.8 Å². The van der Waals surface area contributed by atoms with Crippen LogP contribution in [0.4, 0.5) is 0 Å². The zero-order valence-corrected chi connectivity index (χ0v) is 10.8. The molecule has 1 nitrogen and oxygen atoms in total. The fourth-order valence-corrected chi connectivity index (χ4v) is 2.04. The molecule has 1 rings (SSSR count). The van der Waals surface area contributed by atoms with Crippen LogP contribution < -0.4 is 0 Å². The van der Waals surface area contributed by atoms with Crippen LogP contribution in [-0.4, -0.2) is 11.4 Å². The summed E-state index contributed by atoms with van der Waals surface area (Å²) in [6.45, 7) is 9.25. The summed E-state index contributed by atoms with van der Waals surface area (Å²) in [7, 11) is 0. The van der Waals surface area contributed by atoms with Crippen LogP contribution in [0.25, 0.3) is 0 Å². The number of thioether (sulfide) groups is 1. The molecule has 0 aromatic heterocycles. The largest absolute Gasteiger partial charge is 0.374 e. The van der Waals surface area contributed by atoms with Crippen molar-refractivity contribution in [3.63, 3.8) is 0 Å². The normalized spacial score (nSPS) is 11.3. The molecule has 0 aliphatic rings. The topological polar surface area (TPSA) is 9.23 Å². The van der Waals surface area contributed by atoms with Crippen LogP contribution in [0, 0.1) is 0 Å². The second kappa shape index (κ2) is 6.19. The van der Waals surface area contributed by atoms with Crippen molar-refractivity contribution in [3.05, 3.63) is 29.8 Å². The molecule has 0 unspecified atom stereocenters. The monoisotopic (exact) mass is 224 g/mol. The molecule has 0 heterocycles. The smallest absolute Gasteiger partial charge is 0.0720 e. The van der Waals surface area contributed by atoms with Gasteiger partial charge in [-0.2, -0.15) is 0 Å². The van der Waals surface area contributed by atoms with Gasteiger partial charge in [0.2, 0.25) is 0 Å². The zero-order chi connectivity index (χ0) is 11.3. The molecule has 84 valence electrons. The first-order valence-electron chi connectivity index (χ1n) is 5.45. The number of rotatable bonds is 5. The molecule has 0 aliphatic carbocycles. The highest BCUT2D eigenvalue weighted by molar-refractivity contribution is 7.99. The minimum atomic E-state index is 0.301. The molecule has 0 N–H and O–H groups in total. The van der Waals surface area contributed by atoms with Crippen molar-refractivity contribution >= 4 is 11.8 Å². The van der Waals surface area contributed by atoms with E-state index >= 15 is 0 Å². The number of benzene rings is 1. The fourth-order valence-electron chi connectivity index (χ4n) is 1.20. The highest BCUT2D eigenvalue weighted by Gasteiger charge is 1.99. The summed E-state index contributed by atoms with van der Waals surface area (Å²) in [4.78, 5) is 1.33. The van der Waals surface area contributed by atoms with Gasteiger partial charge < -0.3 is 4.74 Å². The summed E-state index contributed by atoms with van der Waals surface area (Å²) in [5.74, 6) is 0. The van der Waals surface area contributed by atoms with E-state index in [1.807, 2.05) is 11.8 Å². The molecule has 0 saturated carbocycles. The Kier molecular flexibility index (Phi) is 5.20. The molecule has 2 heteroatoms. The van der Waals surface area contributed by atoms with E-state index in [9.17, 15) is 0 Å². The second-order valence-corrected chi connectivity index (χ2v) is 5.82. The van der Waals surface area contributed by atoms with Crippen LogP contribution in [-0.2, 0) is 11.3 Å². The molecular formula is C13H20OS. The summed E-state index contributed by atoms with van der Waals surface area (Å²) >= 11 is 1.89. The molecule has 0 spiro atoms. The Morgan fingerprint density at radius 2 is 1.67 bits per heavy atom. The van der Waals surface area contributed by atoms with Gasteiger partial charge in [-0.05, 0) is 31.5 Å². The minimum absolute atomic E-state index is 0.301. The Balaban J connectivity index is 2.49. The molecule has 0 aliphatic heterocycles. The zero-order valence-electron chi connectivity index (χ0n) is 9.99. The predicted molar refractivity (Wildman–Crippen MR) is 67.4 cm³/mol. The highest BCUT2D eigenvalue weighted by atomic mass is 32.2. The van der Waals surface area contributed by atoms with E-state index in [2.05, 4.69) is 52.0 Å². The van der Waals surface area contributed by atoms with Crippen LogP contribution >= 0.6 is 11.8 Å². The summed E-state index contributed by atoms with van der Waals surface area (Å²) in [6.07, 6.45) is 0.301. The Morgan fingerprint density at radius 3 is 2.13 bits per heavy atom. The van der Waals surface area contributed by atoms with Gasteiger partial charge in [-0.3, -0.25) is 0 Å². The van der Waals surface area contributed by atoms with Gasteiger partial charge in [-0.1, -0.05) is 26.0 Å². The van der Waals surface area contributed by atoms with Gasteiger partial charge in [-0.25, -0.2) is 0 Å². The average molecular weight is 224 g/mol. The third-order valence-corrected chi connectivity index (χ3v) is 2.89. The fraction of sp³-hybridized carbons (Fsp3) is 0.538. The summed E-state index contributed by atoms with van der Waals surface area (Å²) < 4.78 is 5.54. The van der Waals surface area contributed by atoms with Crippen molar-refractivity contribution < 1.29 is 4.74 Å². The number of hydrogen-bond acceptors (Lipinski definition) is 2. The first kappa shape index (κ1) is 12.6. The van der Waals surface area contributed by atoms with Crippen molar-refractivity contribution in [2.24, 2.45) is 0 Å². The van der Waals surface area contributed by atoms with E-state index in [0.717, 1.165) is 0 Å². The maximum atomic E-state index is 5.54. The third kappa shape index (κ3) is 5.24. The standard InChI is InChI=1S/C13H20OS/c1-10(2)14-9-12-5-7-13(8-6-12)15-11(3)4/h5-8,10-11H,9H2,1-4H3. The summed E-state index contributed by atoms with van der Waals surface area (Å²) in [5, 5.41) is 0.641. The Bertz CT molecular complexity index is 277. The van der Waals surface area contributed by atoms with Gasteiger partial charge in [0.1, 0.15) is 0 Å². The lowest BCUT2D eigenvalue weighted by molar-refractivity contribution is 0.0657. The average Bonchev–Trinajstić information content (AvgIpc) is 2.16. The molecule has 0 amide bonds. The predicted octanol–water partition coefficient (Wildman–Crippen LogP) is 4.11. The van der Waals surface area contributed by atoms with Crippen molar-refractivity contribution in [2.75, 3.05) is 0 Å². The van der Waals surface area contributed by atoms with Crippen LogP contribution in [0.3, 0.4) is 0 Å². The first-order chi connectivity index (χ1) is 7.08. The van der Waals surface area contributed by atoms with Gasteiger partial charge in [0.25, 0.3) is 0 Å². The molecule has 1 aromatic rings. The number of ether oxygens (including phenoxy) is 1. The van der Waals surface area contributed by atoms with Crippen LogP contribution in [0.2, 0.25) is 0 Å². The second-order valence-electron chi connectivity index (χ2n) is 4.17. The summed E-state index contributed by atoms with van der Waals surface area (Å²) in [5.41, 5.74) is 1.25. The van der Waals surface area contributed by atoms with E-state index < -0.39 is 0 Å². The van der Waals surface area contributed by atoms with E-state index in [0.29, 0.717) is 18.0 Å². The van der Waals surface area contributed by atoms with Gasteiger partial charge in [0, 0.05) is 10.1 Å². The number of hydrogen-bond donors (Lipinski definition) is 0. The van der Waals surface area contributed by atoms with Crippen LogP contribution in [0.15, 0.2) is 29.2 Å². The maximum Gasteiger partial charge on any atom is 0.0720 e.